The molecule has 0 spiro atoms. The summed E-state index contributed by atoms with van der Waals surface area (Å²) in [6.45, 7) is 0. The van der Waals surface area contributed by atoms with Crippen molar-refractivity contribution in [3.63, 3.8) is 0 Å². The van der Waals surface area contributed by atoms with Crippen LogP contribution in [0.25, 0.3) is 6.08 Å². The Morgan fingerprint density at radius 3 is 2.36 bits per heavy atom. The van der Waals surface area contributed by atoms with Crippen LogP contribution in [0.2, 0.25) is 0 Å². The summed E-state index contributed by atoms with van der Waals surface area (Å²) in [5.41, 5.74) is 0.225. The van der Waals surface area contributed by atoms with E-state index in [4.69, 9.17) is 9.47 Å². The van der Waals surface area contributed by atoms with Crippen molar-refractivity contribution >= 4 is 27.8 Å². The molecule has 0 aliphatic heterocycles. The lowest BCUT2D eigenvalue weighted by atomic mass is 10.2. The molecule has 0 heterocycles. The average molecular weight is 409 g/mol. The van der Waals surface area contributed by atoms with Crippen molar-refractivity contribution in [2.75, 3.05) is 32.7 Å². The summed E-state index contributed by atoms with van der Waals surface area (Å²) in [6.07, 6.45) is 2.51. The zero-order chi connectivity index (χ0) is 20.9. The number of methoxy groups -OCH3 is 3. The molecule has 28 heavy (non-hydrogen) atoms. The van der Waals surface area contributed by atoms with Gasteiger partial charge in [-0.2, -0.15) is 0 Å². The van der Waals surface area contributed by atoms with E-state index in [0.717, 1.165) is 16.4 Å². The van der Waals surface area contributed by atoms with Crippen molar-refractivity contribution in [2.24, 2.45) is 0 Å². The molecule has 0 amide bonds. The number of esters is 1. The number of halogens is 1. The zero-order valence-corrected chi connectivity index (χ0v) is 16.6. The molecule has 2 rings (SSSR count). The van der Waals surface area contributed by atoms with Gasteiger partial charge in [-0.1, -0.05) is 12.1 Å². The van der Waals surface area contributed by atoms with Crippen LogP contribution in [0.4, 0.5) is 10.1 Å². The molecule has 7 nitrogen and oxygen atoms in total. The lowest BCUT2D eigenvalue weighted by Crippen LogP contribution is -2.28. The fraction of sp³-hybridized carbons (Fsp3) is 0.211. The molecule has 150 valence electrons. The molecule has 2 aromatic carbocycles. The summed E-state index contributed by atoms with van der Waals surface area (Å²) < 4.78 is 56.3. The average Bonchev–Trinajstić information content (AvgIpc) is 2.70. The molecule has 0 radical (unpaired) electrons. The molecule has 0 N–H and O–H groups in total. The largest absolute Gasteiger partial charge is 0.493 e. The Labute approximate surface area is 163 Å². The smallest absolute Gasteiger partial charge is 0.330 e. The molecule has 0 saturated heterocycles. The van der Waals surface area contributed by atoms with Crippen LogP contribution in [0.1, 0.15) is 5.56 Å². The standard InChI is InChI=1S/C19H20FNO6S/c1-21(15-8-6-5-7-14(15)20)28(23,24)17-12-13(9-10-18(22)26-3)11-16(25-2)19(17)27-4/h5-12H,1-4H3/b10-9+. The van der Waals surface area contributed by atoms with Gasteiger partial charge >= 0.3 is 5.97 Å². The van der Waals surface area contributed by atoms with Crippen molar-refractivity contribution in [2.45, 2.75) is 4.90 Å². The van der Waals surface area contributed by atoms with E-state index in [1.165, 1.54) is 64.8 Å². The summed E-state index contributed by atoms with van der Waals surface area (Å²) in [7, 11) is 0.883. The number of anilines is 1. The van der Waals surface area contributed by atoms with Crippen molar-refractivity contribution in [3.05, 3.63) is 53.9 Å². The molecule has 0 aliphatic carbocycles. The summed E-state index contributed by atoms with van der Waals surface area (Å²) >= 11 is 0. The maximum absolute atomic E-state index is 14.1. The van der Waals surface area contributed by atoms with E-state index in [-0.39, 0.29) is 22.1 Å². The van der Waals surface area contributed by atoms with Crippen LogP contribution in [0.3, 0.4) is 0 Å². The van der Waals surface area contributed by atoms with Crippen molar-refractivity contribution in [1.82, 2.24) is 0 Å². The molecular formula is C19H20FNO6S. The highest BCUT2D eigenvalue weighted by atomic mass is 32.2. The third kappa shape index (κ3) is 4.25. The summed E-state index contributed by atoms with van der Waals surface area (Å²) in [5.74, 6) is -1.21. The Balaban J connectivity index is 2.65. The molecule has 0 bridgehead atoms. The minimum Gasteiger partial charge on any atom is -0.493 e. The van der Waals surface area contributed by atoms with Crippen molar-refractivity contribution in [3.8, 4) is 11.5 Å². The number of ether oxygens (including phenoxy) is 3. The Bertz CT molecular complexity index is 1000. The highest BCUT2D eigenvalue weighted by Crippen LogP contribution is 2.38. The van der Waals surface area contributed by atoms with Gasteiger partial charge < -0.3 is 14.2 Å². The fourth-order valence-electron chi connectivity index (χ4n) is 2.45. The Morgan fingerprint density at radius 1 is 1.11 bits per heavy atom. The number of carbonyl (C=O) groups excluding carboxylic acids is 1. The second-order valence-corrected chi connectivity index (χ2v) is 7.47. The first-order chi connectivity index (χ1) is 13.3. The predicted octanol–water partition coefficient (Wildman–Crippen LogP) is 2.85. The summed E-state index contributed by atoms with van der Waals surface area (Å²) in [5, 5.41) is 0. The minimum atomic E-state index is -4.22. The number of benzene rings is 2. The van der Waals surface area contributed by atoms with Crippen LogP contribution in [-0.2, 0) is 19.6 Å². The first kappa shape index (κ1) is 21.2. The first-order valence-electron chi connectivity index (χ1n) is 8.01. The van der Waals surface area contributed by atoms with E-state index < -0.39 is 21.8 Å². The van der Waals surface area contributed by atoms with E-state index >= 15 is 0 Å². The van der Waals surface area contributed by atoms with Gasteiger partial charge in [-0.3, -0.25) is 4.31 Å². The highest BCUT2D eigenvalue weighted by Gasteiger charge is 2.29. The van der Waals surface area contributed by atoms with Crippen LogP contribution < -0.4 is 13.8 Å². The predicted molar refractivity (Wildman–Crippen MR) is 103 cm³/mol. The molecule has 0 saturated carbocycles. The van der Waals surface area contributed by atoms with Crippen molar-refractivity contribution < 1.29 is 31.8 Å². The molecule has 0 aliphatic rings. The van der Waals surface area contributed by atoms with Gasteiger partial charge in [0.2, 0.25) is 0 Å². The van der Waals surface area contributed by atoms with E-state index in [1.54, 1.807) is 0 Å². The van der Waals surface area contributed by atoms with Crippen LogP contribution >= 0.6 is 0 Å². The number of nitrogens with zero attached hydrogens (tertiary/aromatic N) is 1. The van der Waals surface area contributed by atoms with Gasteiger partial charge in [0.15, 0.2) is 11.5 Å². The number of rotatable bonds is 7. The van der Waals surface area contributed by atoms with E-state index in [0.29, 0.717) is 5.56 Å². The lowest BCUT2D eigenvalue weighted by Gasteiger charge is -2.22. The molecule has 2 aromatic rings. The van der Waals surface area contributed by atoms with E-state index in [2.05, 4.69) is 4.74 Å². The SMILES string of the molecule is COC(=O)/C=C/c1cc(OC)c(OC)c(S(=O)(=O)N(C)c2ccccc2F)c1. The van der Waals surface area contributed by atoms with Gasteiger partial charge in [-0.05, 0) is 35.9 Å². The summed E-state index contributed by atoms with van der Waals surface area (Å²) in [4.78, 5) is 11.1. The third-order valence-electron chi connectivity index (χ3n) is 3.91. The molecule has 9 heteroatoms. The molecule has 0 atom stereocenters. The topological polar surface area (TPSA) is 82.1 Å². The Morgan fingerprint density at radius 2 is 1.79 bits per heavy atom. The van der Waals surface area contributed by atoms with E-state index in [1.807, 2.05) is 0 Å². The Kier molecular flexibility index (Phi) is 6.63. The molecule has 0 aromatic heterocycles. The number of sulfonamides is 1. The monoisotopic (exact) mass is 409 g/mol. The van der Waals surface area contributed by atoms with Crippen LogP contribution in [0, 0.1) is 5.82 Å². The molecule has 0 fully saturated rings. The first-order valence-corrected chi connectivity index (χ1v) is 9.45. The van der Waals surface area contributed by atoms with Crippen LogP contribution in [0.5, 0.6) is 11.5 Å². The minimum absolute atomic E-state index is 0.0408. The fourth-order valence-corrected chi connectivity index (χ4v) is 3.86. The van der Waals surface area contributed by atoms with Gasteiger partial charge in [0.05, 0.1) is 27.0 Å². The third-order valence-corrected chi connectivity index (χ3v) is 5.69. The van der Waals surface area contributed by atoms with E-state index in [9.17, 15) is 17.6 Å². The highest BCUT2D eigenvalue weighted by molar-refractivity contribution is 7.93. The summed E-state index contributed by atoms with van der Waals surface area (Å²) in [6, 6.07) is 8.29. The second kappa shape index (κ2) is 8.75. The number of hydrogen-bond donors (Lipinski definition) is 0. The van der Waals surface area contributed by atoms with Gasteiger partial charge in [0, 0.05) is 13.1 Å². The van der Waals surface area contributed by atoms with Crippen LogP contribution in [0.15, 0.2) is 47.4 Å². The van der Waals surface area contributed by atoms with Gasteiger partial charge in [-0.15, -0.1) is 0 Å². The van der Waals surface area contributed by atoms with Crippen molar-refractivity contribution in [1.29, 1.82) is 0 Å². The quantitative estimate of drug-likeness (QED) is 0.517. The maximum Gasteiger partial charge on any atom is 0.330 e. The Hall–Kier alpha value is -3.07. The normalized spacial score (nSPS) is 11.3. The number of hydrogen-bond acceptors (Lipinski definition) is 6. The van der Waals surface area contributed by atoms with Gasteiger partial charge in [0.1, 0.15) is 10.7 Å². The lowest BCUT2D eigenvalue weighted by molar-refractivity contribution is -0.134. The van der Waals surface area contributed by atoms with Gasteiger partial charge in [-0.25, -0.2) is 17.6 Å². The zero-order valence-electron chi connectivity index (χ0n) is 15.8. The molecular weight excluding hydrogens is 389 g/mol. The van der Waals surface area contributed by atoms with Gasteiger partial charge in [0.25, 0.3) is 10.0 Å². The number of para-hydroxylation sites is 1. The van der Waals surface area contributed by atoms with Crippen LogP contribution in [-0.4, -0.2) is 42.8 Å². The maximum atomic E-state index is 14.1. The number of carbonyl (C=O) groups is 1. The second-order valence-electron chi connectivity index (χ2n) is 5.53. The molecule has 0 unspecified atom stereocenters.